The molecule has 2 fully saturated rings. The molecule has 2 rings (SSSR count). The summed E-state index contributed by atoms with van der Waals surface area (Å²) in [6.07, 6.45) is 10.2. The van der Waals surface area contributed by atoms with E-state index >= 15 is 0 Å². The predicted octanol–water partition coefficient (Wildman–Crippen LogP) is 4.75. The molecule has 0 aromatic heterocycles. The largest absolute Gasteiger partial charge is 0.367 e. The zero-order chi connectivity index (χ0) is 19.6. The van der Waals surface area contributed by atoms with E-state index in [1.807, 2.05) is 52.8 Å². The Hall–Kier alpha value is -1.23. The molecule has 0 aromatic rings. The number of ether oxygens (including phenoxy) is 3. The van der Waals surface area contributed by atoms with Crippen molar-refractivity contribution in [2.45, 2.75) is 89.5 Å². The lowest BCUT2D eigenvalue weighted by atomic mass is 9.94. The zero-order valence-corrected chi connectivity index (χ0v) is 16.9. The van der Waals surface area contributed by atoms with Gasteiger partial charge in [-0.3, -0.25) is 4.79 Å². The second-order valence-electron chi connectivity index (χ2n) is 8.56. The van der Waals surface area contributed by atoms with Gasteiger partial charge in [0.1, 0.15) is 0 Å². The van der Waals surface area contributed by atoms with Crippen LogP contribution in [0.4, 0.5) is 0 Å². The number of allylic oxidation sites excluding steroid dienone is 1. The van der Waals surface area contributed by atoms with Crippen molar-refractivity contribution in [1.82, 2.24) is 0 Å². The van der Waals surface area contributed by atoms with Crippen molar-refractivity contribution in [3.8, 4) is 0 Å². The third kappa shape index (κ3) is 5.15. The summed E-state index contributed by atoms with van der Waals surface area (Å²) in [5.74, 6) is -0.126. The molecule has 0 bridgehead atoms. The Kier molecular flexibility index (Phi) is 6.32. The van der Waals surface area contributed by atoms with E-state index < -0.39 is 5.60 Å². The molecule has 0 N–H and O–H groups in total. The van der Waals surface area contributed by atoms with Gasteiger partial charge in [0, 0.05) is 12.3 Å². The van der Waals surface area contributed by atoms with Gasteiger partial charge in [-0.15, -0.1) is 13.2 Å². The molecule has 0 saturated carbocycles. The van der Waals surface area contributed by atoms with Gasteiger partial charge >= 0.3 is 0 Å². The van der Waals surface area contributed by atoms with Crippen LogP contribution in [0.25, 0.3) is 0 Å². The maximum Gasteiger partial charge on any atom is 0.160 e. The lowest BCUT2D eigenvalue weighted by molar-refractivity contribution is -0.189. The van der Waals surface area contributed by atoms with Gasteiger partial charge in [0.15, 0.2) is 12.1 Å². The molecule has 0 aliphatic carbocycles. The molecule has 0 aromatic carbocycles. The predicted molar refractivity (Wildman–Crippen MR) is 104 cm³/mol. The third-order valence-corrected chi connectivity index (χ3v) is 5.58. The minimum Gasteiger partial charge on any atom is -0.367 e. The summed E-state index contributed by atoms with van der Waals surface area (Å²) in [5.41, 5.74) is -1.23. The lowest BCUT2D eigenvalue weighted by Crippen LogP contribution is -2.32. The van der Waals surface area contributed by atoms with E-state index in [0.717, 1.165) is 25.7 Å². The van der Waals surface area contributed by atoms with Crippen LogP contribution in [0.15, 0.2) is 37.5 Å². The summed E-state index contributed by atoms with van der Waals surface area (Å²) < 4.78 is 18.0. The zero-order valence-electron chi connectivity index (χ0n) is 16.9. The Morgan fingerprint density at radius 1 is 1.15 bits per heavy atom. The van der Waals surface area contributed by atoms with Gasteiger partial charge < -0.3 is 14.2 Å². The summed E-state index contributed by atoms with van der Waals surface area (Å²) in [7, 11) is 0. The number of ketones is 1. The standard InChI is InChI=1S/C22H34O4/c1-8-21(6)14-11-18(24-21)16(3)17(23)10-13-20(4,5)25-19-12-15-22(7,9-2)26-19/h8-10,13,16,18-19H,1-2,11-12,14-15H2,3-7H3/b13-10+/t16-,18+,19+,21+,22-/m1/s1. The highest BCUT2D eigenvalue weighted by Crippen LogP contribution is 2.35. The minimum absolute atomic E-state index is 0.0586. The average molecular weight is 363 g/mol. The highest BCUT2D eigenvalue weighted by atomic mass is 16.7. The lowest BCUT2D eigenvalue weighted by Gasteiger charge is -2.28. The average Bonchev–Trinajstić information content (AvgIpc) is 3.16. The van der Waals surface area contributed by atoms with Crippen molar-refractivity contribution < 1.29 is 19.0 Å². The Labute approximate surface area is 158 Å². The van der Waals surface area contributed by atoms with Crippen LogP contribution in [-0.2, 0) is 19.0 Å². The third-order valence-electron chi connectivity index (χ3n) is 5.58. The van der Waals surface area contributed by atoms with E-state index in [9.17, 15) is 4.79 Å². The molecule has 2 saturated heterocycles. The van der Waals surface area contributed by atoms with Crippen LogP contribution in [0.3, 0.4) is 0 Å². The first-order valence-corrected chi connectivity index (χ1v) is 9.55. The van der Waals surface area contributed by atoms with Crippen LogP contribution >= 0.6 is 0 Å². The van der Waals surface area contributed by atoms with Gasteiger partial charge in [-0.1, -0.05) is 19.1 Å². The molecule has 4 heteroatoms. The molecule has 2 heterocycles. The number of rotatable bonds is 8. The number of hydrogen-bond donors (Lipinski definition) is 0. The van der Waals surface area contributed by atoms with E-state index in [1.165, 1.54) is 0 Å². The van der Waals surface area contributed by atoms with Gasteiger partial charge in [0.2, 0.25) is 0 Å². The second-order valence-corrected chi connectivity index (χ2v) is 8.56. The summed E-state index contributed by atoms with van der Waals surface area (Å²) in [4.78, 5) is 12.6. The smallest absolute Gasteiger partial charge is 0.160 e. The number of carbonyl (C=O) groups excluding carboxylic acids is 1. The van der Waals surface area contributed by atoms with E-state index in [-0.39, 0.29) is 35.3 Å². The first kappa shape index (κ1) is 21.1. The minimum atomic E-state index is -0.585. The van der Waals surface area contributed by atoms with Gasteiger partial charge in [-0.25, -0.2) is 0 Å². The molecule has 0 amide bonds. The van der Waals surface area contributed by atoms with E-state index in [1.54, 1.807) is 6.08 Å². The highest BCUT2D eigenvalue weighted by molar-refractivity contribution is 5.92. The van der Waals surface area contributed by atoms with Gasteiger partial charge in [0.25, 0.3) is 0 Å². The first-order chi connectivity index (χ1) is 12.0. The fourth-order valence-electron chi connectivity index (χ4n) is 3.45. The Bertz CT molecular complexity index is 579. The Balaban J connectivity index is 1.90. The van der Waals surface area contributed by atoms with Gasteiger partial charge in [-0.2, -0.15) is 0 Å². The van der Waals surface area contributed by atoms with E-state index in [2.05, 4.69) is 13.2 Å². The second kappa shape index (κ2) is 7.79. The molecule has 2 aliphatic rings. The molecule has 4 nitrogen and oxygen atoms in total. The molecule has 0 spiro atoms. The molecule has 5 atom stereocenters. The fourth-order valence-corrected chi connectivity index (χ4v) is 3.45. The number of hydrogen-bond acceptors (Lipinski definition) is 4. The van der Waals surface area contributed by atoms with Crippen LogP contribution in [0.5, 0.6) is 0 Å². The highest BCUT2D eigenvalue weighted by Gasteiger charge is 2.38. The molecule has 146 valence electrons. The monoisotopic (exact) mass is 362 g/mol. The summed E-state index contributed by atoms with van der Waals surface area (Å²) in [6, 6.07) is 0. The Morgan fingerprint density at radius 2 is 1.73 bits per heavy atom. The van der Waals surface area contributed by atoms with Crippen LogP contribution in [0, 0.1) is 5.92 Å². The number of carbonyl (C=O) groups is 1. The van der Waals surface area contributed by atoms with Crippen LogP contribution in [0.2, 0.25) is 0 Å². The first-order valence-electron chi connectivity index (χ1n) is 9.55. The maximum atomic E-state index is 12.6. The summed E-state index contributed by atoms with van der Waals surface area (Å²) >= 11 is 0. The van der Waals surface area contributed by atoms with Crippen LogP contribution in [0.1, 0.15) is 60.3 Å². The van der Waals surface area contributed by atoms with Crippen molar-refractivity contribution in [3.05, 3.63) is 37.5 Å². The quantitative estimate of drug-likeness (QED) is 0.462. The van der Waals surface area contributed by atoms with Crippen LogP contribution < -0.4 is 0 Å². The summed E-state index contributed by atoms with van der Waals surface area (Å²) in [6.45, 7) is 17.5. The topological polar surface area (TPSA) is 44.8 Å². The Morgan fingerprint density at radius 3 is 2.27 bits per heavy atom. The normalized spacial score (nSPS) is 36.3. The van der Waals surface area contributed by atoms with Gasteiger partial charge in [-0.05, 0) is 59.1 Å². The van der Waals surface area contributed by atoms with Crippen molar-refractivity contribution >= 4 is 5.78 Å². The van der Waals surface area contributed by atoms with Crippen molar-refractivity contribution in [2.24, 2.45) is 5.92 Å². The fraction of sp³-hybridized carbons (Fsp3) is 0.682. The molecular weight excluding hydrogens is 328 g/mol. The molecule has 0 unspecified atom stereocenters. The maximum absolute atomic E-state index is 12.6. The molecule has 2 aliphatic heterocycles. The van der Waals surface area contributed by atoms with Gasteiger partial charge in [0.05, 0.1) is 22.9 Å². The summed E-state index contributed by atoms with van der Waals surface area (Å²) in [5, 5.41) is 0. The van der Waals surface area contributed by atoms with E-state index in [0.29, 0.717) is 0 Å². The molecule has 26 heavy (non-hydrogen) atoms. The van der Waals surface area contributed by atoms with Crippen molar-refractivity contribution in [2.75, 3.05) is 0 Å². The van der Waals surface area contributed by atoms with Crippen molar-refractivity contribution in [1.29, 1.82) is 0 Å². The van der Waals surface area contributed by atoms with Crippen molar-refractivity contribution in [3.63, 3.8) is 0 Å². The molecule has 0 radical (unpaired) electrons. The SMILES string of the molecule is C=C[C@@]1(C)CC[C@@H]([C@H](C)C(=O)/C=C/C(C)(C)O[C@@H]2CC[C@@](C)(C=C)O2)O1. The molecular formula is C22H34O4. The van der Waals surface area contributed by atoms with Crippen LogP contribution in [-0.4, -0.2) is 35.0 Å². The van der Waals surface area contributed by atoms with E-state index in [4.69, 9.17) is 14.2 Å².